The molecular weight excluding hydrogens is 544 g/mol. The molecule has 0 radical (unpaired) electrons. The Kier molecular flexibility index (Phi) is 12.2. The minimum absolute atomic E-state index is 0.102. The minimum Gasteiger partial charge on any atom is -0.482 e. The van der Waals surface area contributed by atoms with E-state index in [1.54, 1.807) is 6.92 Å². The Hall–Kier alpha value is -3.68. The molecule has 0 unspecified atom stereocenters. The van der Waals surface area contributed by atoms with Crippen LogP contribution < -0.4 is 30.7 Å². The highest BCUT2D eigenvalue weighted by molar-refractivity contribution is 8.00. The van der Waals surface area contributed by atoms with Crippen LogP contribution in [-0.2, 0) is 23.9 Å². The fourth-order valence-corrected chi connectivity index (χ4v) is 5.80. The van der Waals surface area contributed by atoms with Gasteiger partial charge in [0.05, 0.1) is 25.8 Å². The second-order valence-electron chi connectivity index (χ2n) is 9.13. The first-order valence-electron chi connectivity index (χ1n) is 13.2. The van der Waals surface area contributed by atoms with Crippen molar-refractivity contribution in [2.75, 3.05) is 45.8 Å². The SMILES string of the molecule is CCOC(=O)COc1cc(OCC(=O)OC)cc(C(=O)NCCNC(=O)CCCC[C@@H]2SC[C@@H]3NC(=O)N[C@@H]32)c1. The summed E-state index contributed by atoms with van der Waals surface area (Å²) in [4.78, 5) is 59.4. The van der Waals surface area contributed by atoms with Crippen LogP contribution in [0.25, 0.3) is 0 Å². The average molecular weight is 581 g/mol. The van der Waals surface area contributed by atoms with E-state index in [4.69, 9.17) is 14.2 Å². The number of ether oxygens (including phenoxy) is 4. The Bertz CT molecular complexity index is 1070. The summed E-state index contributed by atoms with van der Waals surface area (Å²) in [7, 11) is 1.22. The van der Waals surface area contributed by atoms with E-state index in [9.17, 15) is 24.0 Å². The van der Waals surface area contributed by atoms with E-state index >= 15 is 0 Å². The second-order valence-corrected chi connectivity index (χ2v) is 10.4. The lowest BCUT2D eigenvalue weighted by Crippen LogP contribution is -2.36. The van der Waals surface area contributed by atoms with Gasteiger partial charge in [-0.15, -0.1) is 0 Å². The highest BCUT2D eigenvalue weighted by atomic mass is 32.2. The molecule has 1 aromatic carbocycles. The third kappa shape index (κ3) is 9.81. The van der Waals surface area contributed by atoms with Crippen LogP contribution in [0.2, 0.25) is 0 Å². The van der Waals surface area contributed by atoms with Gasteiger partial charge in [-0.3, -0.25) is 9.59 Å². The van der Waals surface area contributed by atoms with E-state index in [1.807, 2.05) is 11.8 Å². The Labute approximate surface area is 236 Å². The van der Waals surface area contributed by atoms with Gasteiger partial charge in [0.1, 0.15) is 11.5 Å². The third-order valence-corrected chi connectivity index (χ3v) is 7.71. The number of nitrogens with one attached hydrogen (secondary N) is 4. The first-order valence-corrected chi connectivity index (χ1v) is 14.2. The van der Waals surface area contributed by atoms with Crippen LogP contribution in [0.15, 0.2) is 18.2 Å². The quantitative estimate of drug-likeness (QED) is 0.124. The van der Waals surface area contributed by atoms with E-state index in [2.05, 4.69) is 26.0 Å². The number of esters is 2. The van der Waals surface area contributed by atoms with Crippen molar-refractivity contribution in [2.24, 2.45) is 0 Å². The number of carbonyl (C=O) groups excluding carboxylic acids is 5. The zero-order valence-corrected chi connectivity index (χ0v) is 23.4. The number of rotatable bonds is 16. The van der Waals surface area contributed by atoms with Crippen molar-refractivity contribution < 1.29 is 42.9 Å². The van der Waals surface area contributed by atoms with Gasteiger partial charge in [0.25, 0.3) is 5.91 Å². The molecule has 4 N–H and O–H groups in total. The summed E-state index contributed by atoms with van der Waals surface area (Å²) in [5, 5.41) is 11.8. The van der Waals surface area contributed by atoms with Crippen LogP contribution in [0.5, 0.6) is 11.5 Å². The maximum absolute atomic E-state index is 12.7. The number of fused-ring (bicyclic) bond motifs is 1. The summed E-state index contributed by atoms with van der Waals surface area (Å²) in [6.45, 7) is 1.56. The number of unbranched alkanes of at least 4 members (excludes halogenated alkanes) is 1. The normalized spacial score (nSPS) is 19.1. The van der Waals surface area contributed by atoms with Gasteiger partial charge >= 0.3 is 18.0 Å². The van der Waals surface area contributed by atoms with E-state index in [0.29, 0.717) is 11.7 Å². The fraction of sp³-hybridized carbons (Fsp3) is 0.577. The summed E-state index contributed by atoms with van der Waals surface area (Å²) in [6.07, 6.45) is 2.94. The predicted molar refractivity (Wildman–Crippen MR) is 145 cm³/mol. The highest BCUT2D eigenvalue weighted by Crippen LogP contribution is 2.33. The van der Waals surface area contributed by atoms with Crippen molar-refractivity contribution in [3.63, 3.8) is 0 Å². The first-order chi connectivity index (χ1) is 19.3. The van der Waals surface area contributed by atoms with Crippen LogP contribution in [0.1, 0.15) is 43.0 Å². The Morgan fingerprint density at radius 3 is 2.38 bits per heavy atom. The molecule has 40 heavy (non-hydrogen) atoms. The molecule has 0 aliphatic carbocycles. The average Bonchev–Trinajstić information content (AvgIpc) is 3.50. The van der Waals surface area contributed by atoms with E-state index in [-0.39, 0.29) is 74.0 Å². The zero-order chi connectivity index (χ0) is 28.9. The molecule has 4 amide bonds. The highest BCUT2D eigenvalue weighted by Gasteiger charge is 2.42. The van der Waals surface area contributed by atoms with Crippen LogP contribution in [0, 0.1) is 0 Å². The molecule has 13 nitrogen and oxygen atoms in total. The molecular formula is C26H36N4O9S. The van der Waals surface area contributed by atoms with Gasteiger partial charge in [0, 0.05) is 42.1 Å². The number of hydrogen-bond acceptors (Lipinski definition) is 10. The largest absolute Gasteiger partial charge is 0.482 e. The van der Waals surface area contributed by atoms with Gasteiger partial charge < -0.3 is 40.2 Å². The summed E-state index contributed by atoms with van der Waals surface area (Å²) in [5.41, 5.74) is 0.174. The second kappa shape index (κ2) is 15.8. The molecule has 1 aromatic rings. The van der Waals surface area contributed by atoms with E-state index in [1.165, 1.54) is 25.3 Å². The van der Waals surface area contributed by atoms with Gasteiger partial charge in [-0.05, 0) is 31.9 Å². The van der Waals surface area contributed by atoms with Gasteiger partial charge in [-0.1, -0.05) is 6.42 Å². The monoisotopic (exact) mass is 580 g/mol. The van der Waals surface area contributed by atoms with E-state index in [0.717, 1.165) is 25.0 Å². The molecule has 3 atom stereocenters. The van der Waals surface area contributed by atoms with Gasteiger partial charge in [0.15, 0.2) is 13.2 Å². The number of carbonyl (C=O) groups is 5. The zero-order valence-electron chi connectivity index (χ0n) is 22.6. The fourth-order valence-electron chi connectivity index (χ4n) is 4.26. The summed E-state index contributed by atoms with van der Waals surface area (Å²) >= 11 is 1.85. The first kappa shape index (κ1) is 30.9. The molecule has 2 saturated heterocycles. The van der Waals surface area contributed by atoms with Crippen LogP contribution in [0.4, 0.5) is 4.79 Å². The van der Waals surface area contributed by atoms with Gasteiger partial charge in [-0.25, -0.2) is 14.4 Å². The maximum atomic E-state index is 12.7. The Morgan fingerprint density at radius 1 is 0.975 bits per heavy atom. The third-order valence-electron chi connectivity index (χ3n) is 6.20. The van der Waals surface area contributed by atoms with Crippen LogP contribution in [0.3, 0.4) is 0 Å². The summed E-state index contributed by atoms with van der Waals surface area (Å²) < 4.78 is 20.2. The molecule has 0 saturated carbocycles. The van der Waals surface area contributed by atoms with Crippen molar-refractivity contribution in [3.05, 3.63) is 23.8 Å². The number of benzene rings is 1. The summed E-state index contributed by atoms with van der Waals surface area (Å²) in [5.74, 6) is -0.488. The number of hydrogen-bond donors (Lipinski definition) is 4. The number of urea groups is 1. The Morgan fingerprint density at radius 2 is 1.68 bits per heavy atom. The lowest BCUT2D eigenvalue weighted by molar-refractivity contribution is -0.145. The molecule has 2 aliphatic heterocycles. The smallest absolute Gasteiger partial charge is 0.344 e. The standard InChI is InChI=1S/C26H36N4O9S/c1-3-37-23(33)14-39-18-11-16(10-17(12-18)38-13-22(32)36-2)25(34)28-9-8-27-21(31)7-5-4-6-20-24-19(15-40-20)29-26(35)30-24/h10-12,19-20,24H,3-9,13-15H2,1-2H3,(H,27,31)(H,28,34)(H2,29,30,35)/t19-,20-,24-/m0/s1. The number of methoxy groups -OCH3 is 1. The topological polar surface area (TPSA) is 170 Å². The molecule has 220 valence electrons. The molecule has 14 heteroatoms. The number of amides is 4. The van der Waals surface area contributed by atoms with Gasteiger partial charge in [-0.2, -0.15) is 11.8 Å². The molecule has 2 fully saturated rings. The predicted octanol–water partition coefficient (Wildman–Crippen LogP) is 0.752. The number of thioether (sulfide) groups is 1. The molecule has 0 spiro atoms. The molecule has 2 aliphatic rings. The van der Waals surface area contributed by atoms with Crippen molar-refractivity contribution in [3.8, 4) is 11.5 Å². The van der Waals surface area contributed by atoms with Crippen molar-refractivity contribution in [1.29, 1.82) is 0 Å². The maximum Gasteiger partial charge on any atom is 0.344 e. The van der Waals surface area contributed by atoms with Crippen molar-refractivity contribution in [2.45, 2.75) is 49.9 Å². The lowest BCUT2D eigenvalue weighted by Gasteiger charge is -2.16. The van der Waals surface area contributed by atoms with Crippen molar-refractivity contribution >= 4 is 41.5 Å². The Balaban J connectivity index is 1.38. The van der Waals surface area contributed by atoms with Gasteiger partial charge in [0.2, 0.25) is 5.91 Å². The molecule has 3 rings (SSSR count). The lowest BCUT2D eigenvalue weighted by atomic mass is 10.0. The minimum atomic E-state index is -0.606. The molecule has 0 bridgehead atoms. The van der Waals surface area contributed by atoms with Crippen LogP contribution >= 0.6 is 11.8 Å². The van der Waals surface area contributed by atoms with Crippen molar-refractivity contribution in [1.82, 2.24) is 21.3 Å². The van der Waals surface area contributed by atoms with E-state index < -0.39 is 17.8 Å². The summed E-state index contributed by atoms with van der Waals surface area (Å²) in [6, 6.07) is 4.54. The van der Waals surface area contributed by atoms with Crippen LogP contribution in [-0.4, -0.2) is 92.9 Å². The molecule has 0 aromatic heterocycles. The molecule has 2 heterocycles.